The third kappa shape index (κ3) is 12.1. The second-order valence-corrected chi connectivity index (χ2v) is 14.5. The smallest absolute Gasteiger partial charge is 0.330 e. The average molecular weight is 413 g/mol. The predicted molar refractivity (Wildman–Crippen MR) is 117 cm³/mol. The number of ether oxygens (including phenoxy) is 2. The van der Waals surface area contributed by atoms with Gasteiger partial charge in [-0.1, -0.05) is 32.9 Å². The van der Waals surface area contributed by atoms with Crippen LogP contribution in [0, 0.1) is 0 Å². The lowest BCUT2D eigenvalue weighted by molar-refractivity contribution is -0.148. The molecule has 0 amide bonds. The van der Waals surface area contributed by atoms with Crippen LogP contribution in [0.4, 0.5) is 0 Å². The molecule has 0 heterocycles. The van der Waals surface area contributed by atoms with Gasteiger partial charge in [0, 0.05) is 24.7 Å². The van der Waals surface area contributed by atoms with Crippen LogP contribution in [-0.4, -0.2) is 38.1 Å². The van der Waals surface area contributed by atoms with E-state index in [0.29, 0.717) is 12.8 Å². The van der Waals surface area contributed by atoms with Crippen molar-refractivity contribution >= 4 is 20.3 Å². The van der Waals surface area contributed by atoms with Crippen LogP contribution in [0.5, 0.6) is 0 Å². The molecule has 0 aliphatic carbocycles. The minimum Gasteiger partial charge on any atom is -0.459 e. The summed E-state index contributed by atoms with van der Waals surface area (Å²) in [6.45, 7) is 20.3. The highest BCUT2D eigenvalue weighted by atomic mass is 28.4. The molecule has 0 rings (SSSR count). The number of esters is 2. The molecule has 0 spiro atoms. The van der Waals surface area contributed by atoms with Gasteiger partial charge in [0.25, 0.3) is 0 Å². The molecule has 0 bridgehead atoms. The molecule has 2 atom stereocenters. The fourth-order valence-electron chi connectivity index (χ4n) is 2.06. The van der Waals surface area contributed by atoms with Gasteiger partial charge in [-0.05, 0) is 59.2 Å². The Morgan fingerprint density at radius 2 is 1.32 bits per heavy atom. The summed E-state index contributed by atoms with van der Waals surface area (Å²) in [5.41, 5.74) is -0.518. The van der Waals surface area contributed by atoms with Crippen molar-refractivity contribution in [2.24, 2.45) is 0 Å². The molecule has 0 N–H and O–H groups in total. The van der Waals surface area contributed by atoms with E-state index in [9.17, 15) is 9.59 Å². The van der Waals surface area contributed by atoms with Gasteiger partial charge >= 0.3 is 11.9 Å². The predicted octanol–water partition coefficient (Wildman–Crippen LogP) is 5.56. The summed E-state index contributed by atoms with van der Waals surface area (Å²) >= 11 is 0. The van der Waals surface area contributed by atoms with Crippen molar-refractivity contribution < 1.29 is 23.5 Å². The van der Waals surface area contributed by atoms with Crippen LogP contribution >= 0.6 is 0 Å². The number of hydrogen-bond donors (Lipinski definition) is 0. The molecule has 5 nitrogen and oxygen atoms in total. The van der Waals surface area contributed by atoms with Crippen LogP contribution in [-0.2, 0) is 23.5 Å². The molecule has 0 saturated heterocycles. The summed E-state index contributed by atoms with van der Waals surface area (Å²) in [6, 6.07) is 0. The topological polar surface area (TPSA) is 61.8 Å². The van der Waals surface area contributed by atoms with Crippen LogP contribution in [0.15, 0.2) is 24.3 Å². The first-order valence-corrected chi connectivity index (χ1v) is 12.9. The Morgan fingerprint density at radius 1 is 0.857 bits per heavy atom. The largest absolute Gasteiger partial charge is 0.459 e. The normalized spacial score (nSPS) is 15.6. The summed E-state index contributed by atoms with van der Waals surface area (Å²) in [7, 11) is -1.81. The zero-order chi connectivity index (χ0) is 22.2. The van der Waals surface area contributed by atoms with Crippen LogP contribution in [0.2, 0.25) is 18.1 Å². The van der Waals surface area contributed by atoms with Gasteiger partial charge in [0.05, 0.1) is 0 Å². The zero-order valence-corrected chi connectivity index (χ0v) is 20.4. The van der Waals surface area contributed by atoms with Crippen LogP contribution in [0.1, 0.15) is 68.2 Å². The van der Waals surface area contributed by atoms with E-state index in [0.717, 1.165) is 0 Å². The van der Waals surface area contributed by atoms with Gasteiger partial charge in [-0.2, -0.15) is 0 Å². The zero-order valence-electron chi connectivity index (χ0n) is 19.4. The highest BCUT2D eigenvalue weighted by Crippen LogP contribution is 2.37. The van der Waals surface area contributed by atoms with Gasteiger partial charge in [-0.3, -0.25) is 0 Å². The Balaban J connectivity index is 4.31. The highest BCUT2D eigenvalue weighted by molar-refractivity contribution is 6.74. The fourth-order valence-corrected chi connectivity index (χ4v) is 3.52. The van der Waals surface area contributed by atoms with E-state index in [1.165, 1.54) is 12.2 Å². The van der Waals surface area contributed by atoms with E-state index in [2.05, 4.69) is 33.9 Å². The highest BCUT2D eigenvalue weighted by Gasteiger charge is 2.38. The van der Waals surface area contributed by atoms with E-state index >= 15 is 0 Å². The summed E-state index contributed by atoms with van der Waals surface area (Å²) in [5, 5.41) is 0.159. The molecule has 162 valence electrons. The van der Waals surface area contributed by atoms with Crippen molar-refractivity contribution in [2.75, 3.05) is 0 Å². The molecular formula is C22H40O5Si. The van der Waals surface area contributed by atoms with Crippen molar-refractivity contribution in [3.8, 4) is 0 Å². The molecule has 0 aliphatic rings. The quantitative estimate of drug-likeness (QED) is 0.282. The van der Waals surface area contributed by atoms with Gasteiger partial charge in [-0.15, -0.1) is 0 Å². The first-order chi connectivity index (χ1) is 12.5. The summed E-state index contributed by atoms with van der Waals surface area (Å²) in [5.74, 6) is -0.792. The standard InChI is InChI=1S/C22H40O5Si/c1-17(13-11-16-20(24)26-21(3,4)5)25-19(23)15-12-14-18(2)27-28(9,10)22(6,7)8/h11-12,15-18H,13-14H2,1-10H3/b15-12+,16-11+. The van der Waals surface area contributed by atoms with Crippen LogP contribution in [0.25, 0.3) is 0 Å². The molecule has 6 heteroatoms. The van der Waals surface area contributed by atoms with Crippen molar-refractivity contribution in [1.82, 2.24) is 0 Å². The molecule has 0 aromatic carbocycles. The summed E-state index contributed by atoms with van der Waals surface area (Å²) < 4.78 is 16.7. The van der Waals surface area contributed by atoms with Gasteiger partial charge in [0.1, 0.15) is 11.7 Å². The molecule has 0 aromatic rings. The maximum absolute atomic E-state index is 11.9. The van der Waals surface area contributed by atoms with Crippen LogP contribution < -0.4 is 0 Å². The van der Waals surface area contributed by atoms with E-state index in [4.69, 9.17) is 13.9 Å². The van der Waals surface area contributed by atoms with Gasteiger partial charge in [-0.25, -0.2) is 9.59 Å². The lowest BCUT2D eigenvalue weighted by atomic mass is 10.2. The number of carbonyl (C=O) groups is 2. The van der Waals surface area contributed by atoms with Crippen molar-refractivity contribution in [3.05, 3.63) is 24.3 Å². The first kappa shape index (κ1) is 26.6. The number of carbonyl (C=O) groups excluding carboxylic acids is 2. The molecule has 0 fully saturated rings. The minimum atomic E-state index is -1.81. The lowest BCUT2D eigenvalue weighted by Gasteiger charge is -2.38. The van der Waals surface area contributed by atoms with E-state index in [-0.39, 0.29) is 17.2 Å². The molecule has 28 heavy (non-hydrogen) atoms. The van der Waals surface area contributed by atoms with E-state index in [1.807, 2.05) is 27.7 Å². The third-order valence-electron chi connectivity index (χ3n) is 4.47. The molecule has 2 unspecified atom stereocenters. The second kappa shape index (κ2) is 11.0. The number of hydrogen-bond acceptors (Lipinski definition) is 5. The Labute approximate surface area is 172 Å². The SMILES string of the molecule is CC(C/C=C/C(=O)OC(C)(C)C)OC(=O)/C=C/CC(C)O[Si](C)(C)C(C)(C)C. The van der Waals surface area contributed by atoms with E-state index < -0.39 is 25.9 Å². The molecule has 0 aliphatic heterocycles. The summed E-state index contributed by atoms with van der Waals surface area (Å²) in [4.78, 5) is 23.5. The third-order valence-corrected chi connectivity index (χ3v) is 9.07. The molecule has 0 radical (unpaired) electrons. The number of rotatable bonds is 9. The van der Waals surface area contributed by atoms with Crippen molar-refractivity contribution in [2.45, 2.75) is 104 Å². The van der Waals surface area contributed by atoms with Crippen molar-refractivity contribution in [3.63, 3.8) is 0 Å². The Kier molecular flexibility index (Phi) is 10.4. The van der Waals surface area contributed by atoms with Gasteiger partial charge < -0.3 is 13.9 Å². The monoisotopic (exact) mass is 412 g/mol. The fraction of sp³-hybridized carbons (Fsp3) is 0.727. The molecule has 0 aromatic heterocycles. The van der Waals surface area contributed by atoms with Gasteiger partial charge in [0.15, 0.2) is 8.32 Å². The summed E-state index contributed by atoms with van der Waals surface area (Å²) in [6.07, 6.45) is 7.10. The first-order valence-electron chi connectivity index (χ1n) is 9.98. The van der Waals surface area contributed by atoms with Gasteiger partial charge in [0.2, 0.25) is 0 Å². The average Bonchev–Trinajstić information content (AvgIpc) is 2.43. The Hall–Kier alpha value is -1.40. The molecular weight excluding hydrogens is 372 g/mol. The Bertz CT molecular complexity index is 564. The second-order valence-electron chi connectivity index (χ2n) is 9.75. The lowest BCUT2D eigenvalue weighted by Crippen LogP contribution is -2.43. The maximum Gasteiger partial charge on any atom is 0.330 e. The van der Waals surface area contributed by atoms with Crippen molar-refractivity contribution in [1.29, 1.82) is 0 Å². The minimum absolute atomic E-state index is 0.0547. The Morgan fingerprint density at radius 3 is 1.79 bits per heavy atom. The molecule has 0 saturated carbocycles. The van der Waals surface area contributed by atoms with Crippen LogP contribution in [0.3, 0.4) is 0 Å². The maximum atomic E-state index is 11.9. The van der Waals surface area contributed by atoms with E-state index in [1.54, 1.807) is 19.1 Å².